The van der Waals surface area contributed by atoms with Gasteiger partial charge in [0.25, 0.3) is 0 Å². The molecule has 0 heterocycles. The van der Waals surface area contributed by atoms with Crippen LogP contribution in [-0.2, 0) is 0 Å². The molecular weight excluding hydrogens is 364 g/mol. The third kappa shape index (κ3) is 5.23. The van der Waals surface area contributed by atoms with Gasteiger partial charge in [-0.3, -0.25) is 0 Å². The Balaban J connectivity index is 2.62. The Kier molecular flexibility index (Phi) is 7.64. The zero-order chi connectivity index (χ0) is 12.7. The van der Waals surface area contributed by atoms with Crippen LogP contribution in [-0.4, -0.2) is 10.3 Å². The van der Waals surface area contributed by atoms with Crippen LogP contribution in [0.3, 0.4) is 0 Å². The molecule has 96 valence electrons. The molecule has 0 amide bonds. The van der Waals surface area contributed by atoms with Crippen molar-refractivity contribution >= 4 is 44.5 Å². The molecule has 0 aliphatic rings. The molecule has 17 heavy (non-hydrogen) atoms. The first-order chi connectivity index (χ1) is 8.19. The number of rotatable bonds is 7. The van der Waals surface area contributed by atoms with Crippen molar-refractivity contribution in [2.24, 2.45) is 5.92 Å². The molecule has 0 aliphatic heterocycles. The Morgan fingerprint density at radius 1 is 1.29 bits per heavy atom. The highest BCUT2D eigenvalue weighted by Crippen LogP contribution is 2.29. The van der Waals surface area contributed by atoms with Gasteiger partial charge >= 0.3 is 0 Å². The minimum Gasteiger partial charge on any atom is -0.478 e. The first-order valence-corrected chi connectivity index (χ1v) is 8.32. The summed E-state index contributed by atoms with van der Waals surface area (Å²) in [6.45, 7) is 2.20. The Morgan fingerprint density at radius 2 is 2.00 bits per heavy atom. The van der Waals surface area contributed by atoms with Crippen molar-refractivity contribution in [3.05, 3.63) is 24.3 Å². The van der Waals surface area contributed by atoms with Crippen LogP contribution in [0.25, 0.3) is 0 Å². The van der Waals surface area contributed by atoms with Gasteiger partial charge in [0.2, 0.25) is 0 Å². The molecule has 2 unspecified atom stereocenters. The van der Waals surface area contributed by atoms with Crippen molar-refractivity contribution in [3.63, 3.8) is 0 Å². The zero-order valence-corrected chi connectivity index (χ0v) is 14.0. The summed E-state index contributed by atoms with van der Waals surface area (Å²) >= 11 is 11.5. The zero-order valence-electron chi connectivity index (χ0n) is 9.90. The van der Waals surface area contributed by atoms with Crippen molar-refractivity contribution in [1.82, 2.24) is 0 Å². The van der Waals surface area contributed by atoms with Gasteiger partial charge in [-0.15, -0.1) is 12.6 Å². The quantitative estimate of drug-likeness (QED) is 0.499. The number of hydrogen-bond donors (Lipinski definition) is 1. The van der Waals surface area contributed by atoms with E-state index in [1.54, 1.807) is 0 Å². The SMILES string of the molecule is CCCC(CCBr)C(Br)Oc1ccccc1S. The summed E-state index contributed by atoms with van der Waals surface area (Å²) in [5.74, 6) is 1.36. The van der Waals surface area contributed by atoms with Crippen LogP contribution in [0.15, 0.2) is 29.2 Å². The predicted octanol–water partition coefficient (Wildman–Crippen LogP) is 5.28. The van der Waals surface area contributed by atoms with Crippen LogP contribution in [0.1, 0.15) is 26.2 Å². The van der Waals surface area contributed by atoms with Crippen molar-refractivity contribution in [1.29, 1.82) is 0 Å². The molecule has 1 aromatic carbocycles. The number of ether oxygens (including phenoxy) is 1. The van der Waals surface area contributed by atoms with E-state index in [-0.39, 0.29) is 5.01 Å². The highest BCUT2D eigenvalue weighted by atomic mass is 79.9. The fourth-order valence-electron chi connectivity index (χ4n) is 1.69. The van der Waals surface area contributed by atoms with Gasteiger partial charge in [-0.25, -0.2) is 0 Å². The molecule has 0 spiro atoms. The standard InChI is InChI=1S/C13H18Br2OS/c1-2-5-10(8-9-14)13(15)16-11-6-3-4-7-12(11)17/h3-4,6-7,10,13,17H,2,5,8-9H2,1H3. The summed E-state index contributed by atoms with van der Waals surface area (Å²) in [5.41, 5.74) is 0. The minimum atomic E-state index is 0.0494. The highest BCUT2D eigenvalue weighted by molar-refractivity contribution is 9.09. The topological polar surface area (TPSA) is 9.23 Å². The maximum Gasteiger partial charge on any atom is 0.156 e. The predicted molar refractivity (Wildman–Crippen MR) is 83.8 cm³/mol. The maximum absolute atomic E-state index is 5.93. The summed E-state index contributed by atoms with van der Waals surface area (Å²) in [4.78, 5) is 0.881. The number of benzene rings is 1. The third-order valence-electron chi connectivity index (χ3n) is 2.61. The molecule has 0 bridgehead atoms. The van der Waals surface area contributed by atoms with Gasteiger partial charge in [-0.2, -0.15) is 0 Å². The van der Waals surface area contributed by atoms with Gasteiger partial charge in [0.15, 0.2) is 5.01 Å². The molecule has 0 saturated heterocycles. The molecule has 1 aromatic rings. The van der Waals surface area contributed by atoms with Gasteiger partial charge < -0.3 is 4.74 Å². The van der Waals surface area contributed by atoms with Gasteiger partial charge in [-0.1, -0.05) is 41.4 Å². The molecule has 2 atom stereocenters. The molecule has 0 radical (unpaired) electrons. The number of thiol groups is 1. The second-order valence-electron chi connectivity index (χ2n) is 3.96. The lowest BCUT2D eigenvalue weighted by atomic mass is 10.0. The van der Waals surface area contributed by atoms with E-state index in [0.717, 1.165) is 28.8 Å². The van der Waals surface area contributed by atoms with E-state index in [2.05, 4.69) is 51.4 Å². The lowest BCUT2D eigenvalue weighted by molar-refractivity contribution is 0.206. The van der Waals surface area contributed by atoms with Crippen LogP contribution in [0, 0.1) is 5.92 Å². The van der Waals surface area contributed by atoms with E-state index in [0.29, 0.717) is 5.92 Å². The number of hydrogen-bond acceptors (Lipinski definition) is 2. The average Bonchev–Trinajstić information content (AvgIpc) is 2.32. The van der Waals surface area contributed by atoms with E-state index in [1.807, 2.05) is 24.3 Å². The minimum absolute atomic E-state index is 0.0494. The molecule has 1 nitrogen and oxygen atoms in total. The highest BCUT2D eigenvalue weighted by Gasteiger charge is 2.19. The molecule has 0 saturated carbocycles. The summed E-state index contributed by atoms with van der Waals surface area (Å²) < 4.78 is 5.93. The Labute approximate surface area is 126 Å². The summed E-state index contributed by atoms with van der Waals surface area (Å²) in [6.07, 6.45) is 3.44. The fraction of sp³-hybridized carbons (Fsp3) is 0.538. The van der Waals surface area contributed by atoms with Crippen molar-refractivity contribution < 1.29 is 4.74 Å². The third-order valence-corrected chi connectivity index (χ3v) is 4.38. The Bertz CT molecular complexity index is 327. The summed E-state index contributed by atoms with van der Waals surface area (Å²) in [5, 5.41) is 1.05. The second kappa shape index (κ2) is 8.44. The Hall–Kier alpha value is 0.330. The molecule has 0 fully saturated rings. The first kappa shape index (κ1) is 15.4. The fourth-order valence-corrected chi connectivity index (χ4v) is 3.22. The van der Waals surface area contributed by atoms with Crippen molar-refractivity contribution in [2.45, 2.75) is 36.1 Å². The molecule has 0 aliphatic carbocycles. The van der Waals surface area contributed by atoms with E-state index in [9.17, 15) is 0 Å². The van der Waals surface area contributed by atoms with Crippen LogP contribution in [0.2, 0.25) is 0 Å². The lowest BCUT2D eigenvalue weighted by Gasteiger charge is -2.23. The normalized spacial score (nSPS) is 14.4. The van der Waals surface area contributed by atoms with Gasteiger partial charge in [-0.05, 0) is 40.9 Å². The first-order valence-electron chi connectivity index (χ1n) is 5.83. The monoisotopic (exact) mass is 380 g/mol. The second-order valence-corrected chi connectivity index (χ2v) is 6.14. The molecule has 0 aromatic heterocycles. The van der Waals surface area contributed by atoms with E-state index in [1.165, 1.54) is 6.42 Å². The van der Waals surface area contributed by atoms with Gasteiger partial charge in [0.1, 0.15) is 5.75 Å². The molecule has 0 N–H and O–H groups in total. The number of para-hydroxylation sites is 1. The van der Waals surface area contributed by atoms with Crippen LogP contribution in [0.5, 0.6) is 5.75 Å². The molecule has 1 rings (SSSR count). The summed E-state index contributed by atoms with van der Waals surface area (Å²) in [7, 11) is 0. The van der Waals surface area contributed by atoms with E-state index < -0.39 is 0 Å². The van der Waals surface area contributed by atoms with E-state index >= 15 is 0 Å². The van der Waals surface area contributed by atoms with Crippen LogP contribution in [0.4, 0.5) is 0 Å². The maximum atomic E-state index is 5.93. The van der Waals surface area contributed by atoms with Gasteiger partial charge in [0.05, 0.1) is 0 Å². The Morgan fingerprint density at radius 3 is 2.59 bits per heavy atom. The smallest absolute Gasteiger partial charge is 0.156 e. The van der Waals surface area contributed by atoms with Gasteiger partial charge in [0, 0.05) is 16.1 Å². The largest absolute Gasteiger partial charge is 0.478 e. The van der Waals surface area contributed by atoms with Crippen molar-refractivity contribution in [2.75, 3.05) is 5.33 Å². The molecule has 4 heteroatoms. The van der Waals surface area contributed by atoms with Crippen LogP contribution < -0.4 is 4.74 Å². The average molecular weight is 382 g/mol. The summed E-state index contributed by atoms with van der Waals surface area (Å²) in [6, 6.07) is 7.82. The van der Waals surface area contributed by atoms with Crippen molar-refractivity contribution in [3.8, 4) is 5.75 Å². The molecular formula is C13H18Br2OS. The number of alkyl halides is 2. The lowest BCUT2D eigenvalue weighted by Crippen LogP contribution is -2.21. The number of halogens is 2. The van der Waals surface area contributed by atoms with Crippen LogP contribution >= 0.6 is 44.5 Å². The van der Waals surface area contributed by atoms with E-state index in [4.69, 9.17) is 4.74 Å².